The predicted octanol–water partition coefficient (Wildman–Crippen LogP) is -0.144. The van der Waals surface area contributed by atoms with E-state index in [2.05, 4.69) is 5.16 Å². The monoisotopic (exact) mass is 258 g/mol. The molecular weight excluding hydrogens is 244 g/mol. The van der Waals surface area contributed by atoms with Gasteiger partial charge in [-0.15, -0.1) is 0 Å². The van der Waals surface area contributed by atoms with Crippen LogP contribution in [0.1, 0.15) is 10.6 Å². The van der Waals surface area contributed by atoms with Gasteiger partial charge in [0, 0.05) is 13.7 Å². The van der Waals surface area contributed by atoms with Gasteiger partial charge < -0.3 is 24.0 Å². The molecule has 0 spiro atoms. The van der Waals surface area contributed by atoms with Gasteiger partial charge in [-0.1, -0.05) is 0 Å². The van der Waals surface area contributed by atoms with Gasteiger partial charge in [-0.3, -0.25) is 9.59 Å². The molecule has 8 heteroatoms. The minimum Gasteiger partial charge on any atom is -0.480 e. The summed E-state index contributed by atoms with van der Waals surface area (Å²) in [4.78, 5) is 23.7. The van der Waals surface area contributed by atoms with Crippen molar-refractivity contribution in [1.29, 1.82) is 0 Å². The lowest BCUT2D eigenvalue weighted by atomic mass is 10.3. The van der Waals surface area contributed by atoms with Gasteiger partial charge in [0.2, 0.25) is 5.76 Å². The van der Waals surface area contributed by atoms with Gasteiger partial charge >= 0.3 is 5.97 Å². The van der Waals surface area contributed by atoms with Crippen molar-refractivity contribution < 1.29 is 28.7 Å². The molecule has 0 unspecified atom stereocenters. The van der Waals surface area contributed by atoms with Gasteiger partial charge in [-0.25, -0.2) is 0 Å². The maximum Gasteiger partial charge on any atom is 0.323 e. The van der Waals surface area contributed by atoms with E-state index in [9.17, 15) is 9.59 Å². The maximum absolute atomic E-state index is 11.9. The molecule has 18 heavy (non-hydrogen) atoms. The number of carbonyl (C=O) groups is 2. The van der Waals surface area contributed by atoms with Crippen LogP contribution in [-0.2, 0) is 9.53 Å². The lowest BCUT2D eigenvalue weighted by molar-refractivity contribution is -0.137. The molecule has 0 aliphatic rings. The Morgan fingerprint density at radius 3 is 2.72 bits per heavy atom. The molecule has 0 saturated heterocycles. The number of rotatable bonds is 7. The van der Waals surface area contributed by atoms with Crippen molar-refractivity contribution in [2.45, 2.75) is 0 Å². The highest BCUT2D eigenvalue weighted by atomic mass is 16.5. The summed E-state index contributed by atoms with van der Waals surface area (Å²) >= 11 is 0. The highest BCUT2D eigenvalue weighted by molar-refractivity contribution is 5.93. The summed E-state index contributed by atoms with van der Waals surface area (Å²) in [6, 6.07) is 1.30. The molecule has 0 aliphatic heterocycles. The number of aliphatic carboxylic acids is 1. The van der Waals surface area contributed by atoms with Crippen LogP contribution in [0, 0.1) is 0 Å². The summed E-state index contributed by atoms with van der Waals surface area (Å²) < 4.78 is 14.3. The largest absolute Gasteiger partial charge is 0.480 e. The van der Waals surface area contributed by atoms with Crippen LogP contribution < -0.4 is 4.74 Å². The van der Waals surface area contributed by atoms with Crippen molar-refractivity contribution in [2.75, 3.05) is 33.9 Å². The minimum atomic E-state index is -1.12. The van der Waals surface area contributed by atoms with Gasteiger partial charge in [0.15, 0.2) is 0 Å². The van der Waals surface area contributed by atoms with E-state index in [1.807, 2.05) is 0 Å². The second-order valence-electron chi connectivity index (χ2n) is 3.35. The molecule has 0 aromatic carbocycles. The molecule has 1 N–H and O–H groups in total. The zero-order chi connectivity index (χ0) is 13.5. The Morgan fingerprint density at radius 1 is 1.50 bits per heavy atom. The van der Waals surface area contributed by atoms with Gasteiger partial charge in [0.1, 0.15) is 6.54 Å². The average Bonchev–Trinajstić information content (AvgIpc) is 2.81. The summed E-state index contributed by atoms with van der Waals surface area (Å²) in [6.45, 7) is -0.0693. The number of hydrogen-bond donors (Lipinski definition) is 1. The van der Waals surface area contributed by atoms with E-state index in [4.69, 9.17) is 19.1 Å². The quantitative estimate of drug-likeness (QED) is 0.725. The van der Waals surface area contributed by atoms with Gasteiger partial charge in [-0.05, 0) is 5.16 Å². The Morgan fingerprint density at radius 2 is 2.22 bits per heavy atom. The molecule has 100 valence electrons. The first kappa shape index (κ1) is 14.0. The number of nitrogens with zero attached hydrogens (tertiary/aromatic N) is 2. The molecule has 0 aliphatic carbocycles. The number of aromatic nitrogens is 1. The number of ether oxygens (including phenoxy) is 2. The molecule has 1 aromatic rings. The third-order valence-electron chi connectivity index (χ3n) is 2.09. The van der Waals surface area contributed by atoms with Crippen molar-refractivity contribution >= 4 is 11.9 Å². The number of carbonyl (C=O) groups excluding carboxylic acids is 1. The lowest BCUT2D eigenvalue weighted by Crippen LogP contribution is -2.37. The first-order valence-electron chi connectivity index (χ1n) is 5.09. The Balaban J connectivity index is 2.76. The fourth-order valence-corrected chi connectivity index (χ4v) is 1.23. The zero-order valence-electron chi connectivity index (χ0n) is 10.1. The Bertz CT molecular complexity index is 416. The summed E-state index contributed by atoms with van der Waals surface area (Å²) in [5.41, 5.74) is 0. The van der Waals surface area contributed by atoms with Crippen LogP contribution in [-0.4, -0.2) is 61.0 Å². The Kier molecular flexibility index (Phi) is 5.12. The smallest absolute Gasteiger partial charge is 0.323 e. The standard InChI is InChI=1S/C10H14N2O6/c1-16-4-3-12(6-9(13)14)10(15)7-5-8(17-2)11-18-7/h5H,3-4,6H2,1-2H3,(H,13,14). The second-order valence-corrected chi connectivity index (χ2v) is 3.35. The summed E-state index contributed by atoms with van der Waals surface area (Å²) in [5, 5.41) is 12.2. The average molecular weight is 258 g/mol. The normalized spacial score (nSPS) is 10.1. The molecular formula is C10H14N2O6. The Labute approximate surface area is 103 Å². The summed E-state index contributed by atoms with van der Waals surface area (Å²) in [6.07, 6.45) is 0. The van der Waals surface area contributed by atoms with E-state index in [-0.39, 0.29) is 24.8 Å². The molecule has 8 nitrogen and oxygen atoms in total. The van der Waals surface area contributed by atoms with Crippen molar-refractivity contribution in [3.8, 4) is 5.88 Å². The van der Waals surface area contributed by atoms with Crippen LogP contribution in [0.4, 0.5) is 0 Å². The van der Waals surface area contributed by atoms with E-state index < -0.39 is 18.4 Å². The van der Waals surface area contributed by atoms with Crippen LogP contribution in [0.2, 0.25) is 0 Å². The highest BCUT2D eigenvalue weighted by Crippen LogP contribution is 2.12. The summed E-state index contributed by atoms with van der Waals surface area (Å²) in [5.74, 6) is -1.62. The van der Waals surface area contributed by atoms with Crippen LogP contribution >= 0.6 is 0 Å². The van der Waals surface area contributed by atoms with Crippen LogP contribution in [0.15, 0.2) is 10.6 Å². The maximum atomic E-state index is 11.9. The van der Waals surface area contributed by atoms with E-state index in [0.717, 1.165) is 4.90 Å². The number of amides is 1. The topological polar surface area (TPSA) is 102 Å². The second kappa shape index (κ2) is 6.60. The fourth-order valence-electron chi connectivity index (χ4n) is 1.23. The third-order valence-corrected chi connectivity index (χ3v) is 2.09. The van der Waals surface area contributed by atoms with E-state index >= 15 is 0 Å². The molecule has 0 fully saturated rings. The molecule has 1 rings (SSSR count). The van der Waals surface area contributed by atoms with Gasteiger partial charge in [0.05, 0.1) is 19.8 Å². The third kappa shape index (κ3) is 3.74. The van der Waals surface area contributed by atoms with E-state index in [0.29, 0.717) is 0 Å². The highest BCUT2D eigenvalue weighted by Gasteiger charge is 2.22. The minimum absolute atomic E-state index is 0.0794. The molecule has 1 aromatic heterocycles. The van der Waals surface area contributed by atoms with Crippen molar-refractivity contribution in [3.05, 3.63) is 11.8 Å². The summed E-state index contributed by atoms with van der Waals surface area (Å²) in [7, 11) is 2.84. The lowest BCUT2D eigenvalue weighted by Gasteiger charge is -2.18. The van der Waals surface area contributed by atoms with Crippen molar-refractivity contribution in [3.63, 3.8) is 0 Å². The fraction of sp³-hybridized carbons (Fsp3) is 0.500. The first-order valence-corrected chi connectivity index (χ1v) is 5.09. The van der Waals surface area contributed by atoms with Gasteiger partial charge in [0.25, 0.3) is 11.8 Å². The number of carboxylic acid groups (broad SMARTS) is 1. The molecule has 0 saturated carbocycles. The SMILES string of the molecule is COCCN(CC(=O)O)C(=O)c1cc(OC)no1. The van der Waals surface area contributed by atoms with Crippen molar-refractivity contribution in [2.24, 2.45) is 0 Å². The number of hydrogen-bond acceptors (Lipinski definition) is 6. The van der Waals surface area contributed by atoms with Crippen LogP contribution in [0.5, 0.6) is 5.88 Å². The Hall–Kier alpha value is -2.09. The molecule has 1 heterocycles. The molecule has 0 atom stereocenters. The number of carboxylic acids is 1. The first-order chi connectivity index (χ1) is 8.58. The van der Waals surface area contributed by atoms with E-state index in [1.165, 1.54) is 20.3 Å². The zero-order valence-corrected chi connectivity index (χ0v) is 10.1. The molecule has 0 bridgehead atoms. The van der Waals surface area contributed by atoms with Crippen molar-refractivity contribution in [1.82, 2.24) is 10.1 Å². The van der Waals surface area contributed by atoms with Gasteiger partial charge in [-0.2, -0.15) is 0 Å². The molecule has 1 amide bonds. The number of methoxy groups -OCH3 is 2. The predicted molar refractivity (Wildman–Crippen MR) is 58.5 cm³/mol. The van der Waals surface area contributed by atoms with Crippen LogP contribution in [0.25, 0.3) is 0 Å². The molecule has 0 radical (unpaired) electrons. The van der Waals surface area contributed by atoms with E-state index in [1.54, 1.807) is 0 Å². The van der Waals surface area contributed by atoms with Crippen LogP contribution in [0.3, 0.4) is 0 Å².